The van der Waals surface area contributed by atoms with Crippen LogP contribution in [-0.4, -0.2) is 30.0 Å². The molecule has 0 N–H and O–H groups in total. The van der Waals surface area contributed by atoms with Crippen LogP contribution in [0.3, 0.4) is 0 Å². The minimum atomic E-state index is -0.716. The first-order valence-electron chi connectivity index (χ1n) is 10.1. The van der Waals surface area contributed by atoms with Crippen molar-refractivity contribution < 1.29 is 45.2 Å². The first-order chi connectivity index (χ1) is 15.5. The van der Waals surface area contributed by atoms with E-state index in [-0.39, 0.29) is 34.0 Å². The molecule has 2 amide bonds. The summed E-state index contributed by atoms with van der Waals surface area (Å²) in [5.74, 6) is -0.826. The first kappa shape index (κ1) is 22.0. The average Bonchev–Trinajstić information content (AvgIpc) is 3.13. The molecule has 0 radical (unpaired) electrons. The fraction of sp³-hybridized carbons (Fsp3) is 0.160. The number of hydrogen-bond acceptors (Lipinski definition) is 5. The Kier molecular flexibility index (Phi) is 6.84. The van der Waals surface area contributed by atoms with Crippen molar-refractivity contribution in [2.24, 2.45) is 0 Å². The van der Waals surface area contributed by atoms with E-state index < -0.39 is 17.8 Å². The van der Waals surface area contributed by atoms with Crippen molar-refractivity contribution >= 4 is 17.8 Å². The van der Waals surface area contributed by atoms with Crippen molar-refractivity contribution in [1.29, 1.82) is 0 Å². The Hall–Kier alpha value is -3.20. The van der Waals surface area contributed by atoms with Crippen molar-refractivity contribution in [1.82, 2.24) is 5.06 Å². The number of methoxy groups -OCH3 is 1. The van der Waals surface area contributed by atoms with Crippen LogP contribution in [0.25, 0.3) is 0 Å². The zero-order valence-corrected chi connectivity index (χ0v) is 19.6. The number of carbonyl (C=O) groups is 3. The number of benzene rings is 3. The van der Waals surface area contributed by atoms with Gasteiger partial charge in [0, 0.05) is 12.8 Å². The molecule has 0 unspecified atom stereocenters. The molecule has 0 spiro atoms. The van der Waals surface area contributed by atoms with Gasteiger partial charge in [0.2, 0.25) is 0 Å². The van der Waals surface area contributed by atoms with E-state index in [1.807, 2.05) is 24.3 Å². The van der Waals surface area contributed by atoms with E-state index in [1.165, 1.54) is 12.7 Å². The molecule has 0 atom stereocenters. The Bertz CT molecular complexity index is 1110. The predicted molar refractivity (Wildman–Crippen MR) is 113 cm³/mol. The molecule has 0 bridgehead atoms. The zero-order chi connectivity index (χ0) is 22.5. The summed E-state index contributed by atoms with van der Waals surface area (Å²) < 4.78 is 7.87. The van der Waals surface area contributed by atoms with Crippen LogP contribution in [0.4, 0.5) is 0 Å². The standard InChI is InChI=1S/C25H21INO5/c1-31-22-12-10-21(11-13-22)26-20-8-4-18(5-9-20)16-17-2-6-19(7-3-17)25(30)32-27-23(28)14-15-24(27)29/h2-13H,14-16H2,1H3/q-1. The molecule has 1 fully saturated rings. The maximum absolute atomic E-state index is 12.2. The summed E-state index contributed by atoms with van der Waals surface area (Å²) in [6, 6.07) is 23.8. The van der Waals surface area contributed by atoms with Gasteiger partial charge >= 0.3 is 163 Å². The average molecular weight is 542 g/mol. The number of amides is 2. The molecule has 3 aromatic carbocycles. The number of halogens is 1. The number of ether oxygens (including phenoxy) is 1. The van der Waals surface area contributed by atoms with E-state index in [0.29, 0.717) is 10.6 Å². The van der Waals surface area contributed by atoms with Gasteiger partial charge in [-0.25, -0.2) is 0 Å². The van der Waals surface area contributed by atoms with Crippen LogP contribution in [0.15, 0.2) is 72.8 Å². The molecule has 3 aromatic rings. The molecule has 4 rings (SSSR count). The van der Waals surface area contributed by atoms with Gasteiger partial charge in [0.05, 0.1) is 0 Å². The van der Waals surface area contributed by atoms with Gasteiger partial charge in [-0.1, -0.05) is 0 Å². The third-order valence-corrected chi connectivity index (χ3v) is 7.64. The Labute approximate surface area is 196 Å². The summed E-state index contributed by atoms with van der Waals surface area (Å²) in [4.78, 5) is 40.3. The summed E-state index contributed by atoms with van der Waals surface area (Å²) in [7, 11) is 1.67. The quantitative estimate of drug-likeness (QED) is 0.324. The molecule has 0 saturated carbocycles. The SMILES string of the molecule is COc1ccc([I-]c2ccc(Cc3ccc(C(=O)ON4C(=O)CCC4=O)cc3)cc2)cc1. The summed E-state index contributed by atoms with van der Waals surface area (Å²) in [6.45, 7) is 0. The van der Waals surface area contributed by atoms with Crippen LogP contribution in [0.2, 0.25) is 0 Å². The predicted octanol–water partition coefficient (Wildman–Crippen LogP) is 0.635. The Morgan fingerprint density at radius 1 is 0.812 bits per heavy atom. The third-order valence-electron chi connectivity index (χ3n) is 4.96. The number of hydroxylamine groups is 2. The fourth-order valence-corrected chi connectivity index (χ4v) is 5.37. The van der Waals surface area contributed by atoms with E-state index in [0.717, 1.165) is 17.7 Å². The van der Waals surface area contributed by atoms with E-state index in [1.54, 1.807) is 19.2 Å². The monoisotopic (exact) mass is 542 g/mol. The molecule has 7 heteroatoms. The zero-order valence-electron chi connectivity index (χ0n) is 17.4. The summed E-state index contributed by atoms with van der Waals surface area (Å²) >= 11 is -0.247. The first-order valence-corrected chi connectivity index (χ1v) is 12.2. The van der Waals surface area contributed by atoms with Crippen LogP contribution < -0.4 is 25.9 Å². The second kappa shape index (κ2) is 9.95. The normalized spacial score (nSPS) is 13.5. The molecule has 1 heterocycles. The minimum absolute atomic E-state index is 0.0753. The molecular formula is C25H21INO5-. The number of carbonyl (C=O) groups excluding carboxylic acids is 3. The van der Waals surface area contributed by atoms with E-state index >= 15 is 0 Å². The molecule has 0 aromatic heterocycles. The molecular weight excluding hydrogens is 521 g/mol. The Morgan fingerprint density at radius 3 is 1.84 bits per heavy atom. The van der Waals surface area contributed by atoms with Crippen molar-refractivity contribution in [3.8, 4) is 5.75 Å². The second-order valence-electron chi connectivity index (χ2n) is 7.21. The van der Waals surface area contributed by atoms with Gasteiger partial charge in [0.15, 0.2) is 0 Å². The number of rotatable bonds is 7. The van der Waals surface area contributed by atoms with E-state index in [9.17, 15) is 14.4 Å². The molecule has 1 aliphatic heterocycles. The van der Waals surface area contributed by atoms with Crippen LogP contribution >= 0.6 is 0 Å². The summed E-state index contributed by atoms with van der Waals surface area (Å²) in [6.07, 6.45) is 0.886. The van der Waals surface area contributed by atoms with Crippen molar-refractivity contribution in [2.75, 3.05) is 7.11 Å². The topological polar surface area (TPSA) is 72.9 Å². The number of hydrogen-bond donors (Lipinski definition) is 0. The molecule has 6 nitrogen and oxygen atoms in total. The Balaban J connectivity index is 1.34. The van der Waals surface area contributed by atoms with Gasteiger partial charge in [-0.3, -0.25) is 9.59 Å². The molecule has 0 aliphatic carbocycles. The molecule has 164 valence electrons. The van der Waals surface area contributed by atoms with Gasteiger partial charge in [-0.2, -0.15) is 0 Å². The summed E-state index contributed by atoms with van der Waals surface area (Å²) in [5, 5.41) is 0.562. The fourth-order valence-electron chi connectivity index (χ4n) is 3.21. The Morgan fingerprint density at radius 2 is 1.31 bits per heavy atom. The second-order valence-corrected chi connectivity index (χ2v) is 10.2. The van der Waals surface area contributed by atoms with Crippen LogP contribution in [0.5, 0.6) is 5.75 Å². The molecule has 1 saturated heterocycles. The van der Waals surface area contributed by atoms with Gasteiger partial charge in [0.1, 0.15) is 0 Å². The van der Waals surface area contributed by atoms with Gasteiger partial charge in [0.25, 0.3) is 11.8 Å². The van der Waals surface area contributed by atoms with E-state index in [4.69, 9.17) is 9.57 Å². The van der Waals surface area contributed by atoms with Gasteiger partial charge in [-0.05, 0) is 0 Å². The third kappa shape index (κ3) is 5.34. The van der Waals surface area contributed by atoms with Crippen molar-refractivity contribution in [3.63, 3.8) is 0 Å². The van der Waals surface area contributed by atoms with Crippen LogP contribution in [0.1, 0.15) is 34.3 Å². The van der Waals surface area contributed by atoms with Crippen molar-refractivity contribution in [3.05, 3.63) is 96.6 Å². The van der Waals surface area contributed by atoms with Crippen LogP contribution in [-0.2, 0) is 20.8 Å². The van der Waals surface area contributed by atoms with Gasteiger partial charge in [-0.15, -0.1) is 0 Å². The molecule has 1 aliphatic rings. The molecule has 32 heavy (non-hydrogen) atoms. The number of imide groups is 1. The number of nitrogens with zero attached hydrogens (tertiary/aromatic N) is 1. The van der Waals surface area contributed by atoms with Crippen LogP contribution in [0, 0.1) is 7.14 Å². The summed E-state index contributed by atoms with van der Waals surface area (Å²) in [5.41, 5.74) is 2.52. The van der Waals surface area contributed by atoms with Gasteiger partial charge < -0.3 is 0 Å². The van der Waals surface area contributed by atoms with E-state index in [2.05, 4.69) is 36.4 Å². The maximum atomic E-state index is 12.2. The van der Waals surface area contributed by atoms with Crippen molar-refractivity contribution in [2.45, 2.75) is 19.3 Å².